The molecule has 0 aromatic heterocycles. The predicted octanol–water partition coefficient (Wildman–Crippen LogP) is 2.25. The number of hydrogen-bond donors (Lipinski definition) is 3. The summed E-state index contributed by atoms with van der Waals surface area (Å²) in [5, 5.41) is 8.92. The second-order valence-electron chi connectivity index (χ2n) is 8.47. The maximum absolute atomic E-state index is 12.3. The molecule has 4 aliphatic carbocycles. The molecule has 6 heteroatoms. The highest BCUT2D eigenvalue weighted by Crippen LogP contribution is 2.61. The van der Waals surface area contributed by atoms with Crippen molar-refractivity contribution in [1.29, 1.82) is 0 Å². The van der Waals surface area contributed by atoms with Crippen LogP contribution in [-0.4, -0.2) is 38.0 Å². The van der Waals surface area contributed by atoms with Crippen molar-refractivity contribution < 1.29 is 9.59 Å². The Labute approximate surface area is 157 Å². The normalized spacial score (nSPS) is 32.1. The van der Waals surface area contributed by atoms with Gasteiger partial charge >= 0.3 is 0 Å². The third-order valence-corrected chi connectivity index (χ3v) is 6.20. The SMILES string of the molecule is CCCNCCNC(=O)CNC(=O)CC12CC3CC(CC(C3)C1)C2.Cl. The molecule has 4 rings (SSSR count). The van der Waals surface area contributed by atoms with Crippen molar-refractivity contribution in [3.05, 3.63) is 0 Å². The molecule has 0 aromatic rings. The summed E-state index contributed by atoms with van der Waals surface area (Å²) >= 11 is 0. The second-order valence-corrected chi connectivity index (χ2v) is 8.47. The van der Waals surface area contributed by atoms with Crippen LogP contribution in [0.1, 0.15) is 58.3 Å². The molecule has 4 aliphatic rings. The van der Waals surface area contributed by atoms with E-state index in [2.05, 4.69) is 22.9 Å². The summed E-state index contributed by atoms with van der Waals surface area (Å²) in [7, 11) is 0. The fourth-order valence-electron chi connectivity index (χ4n) is 5.74. The van der Waals surface area contributed by atoms with Crippen molar-refractivity contribution in [2.45, 2.75) is 58.3 Å². The first kappa shape index (κ1) is 20.5. The molecule has 0 aromatic carbocycles. The molecule has 5 nitrogen and oxygen atoms in total. The van der Waals surface area contributed by atoms with Crippen LogP contribution in [0.15, 0.2) is 0 Å². The minimum atomic E-state index is -0.0906. The van der Waals surface area contributed by atoms with Crippen molar-refractivity contribution >= 4 is 24.2 Å². The van der Waals surface area contributed by atoms with Gasteiger partial charge in [-0.2, -0.15) is 0 Å². The van der Waals surface area contributed by atoms with Crippen molar-refractivity contribution in [2.24, 2.45) is 23.2 Å². The van der Waals surface area contributed by atoms with Gasteiger partial charge in [-0.3, -0.25) is 9.59 Å². The zero-order valence-electron chi connectivity index (χ0n) is 15.4. The summed E-state index contributed by atoms with van der Waals surface area (Å²) in [5.41, 5.74) is 0.249. The molecule has 0 unspecified atom stereocenters. The van der Waals surface area contributed by atoms with Gasteiger partial charge < -0.3 is 16.0 Å². The van der Waals surface area contributed by atoms with E-state index in [4.69, 9.17) is 0 Å². The van der Waals surface area contributed by atoms with Crippen molar-refractivity contribution in [3.8, 4) is 0 Å². The summed E-state index contributed by atoms with van der Waals surface area (Å²) in [6, 6.07) is 0. The third kappa shape index (κ3) is 5.58. The number of carbonyl (C=O) groups is 2. The van der Waals surface area contributed by atoms with Gasteiger partial charge in [0, 0.05) is 19.5 Å². The Morgan fingerprint density at radius 3 is 2.04 bits per heavy atom. The number of hydrogen-bond acceptors (Lipinski definition) is 3. The standard InChI is InChI=1S/C19H33N3O2.ClH/c1-2-3-20-4-5-21-18(24)13-22-17(23)12-19-9-14-6-15(10-19)8-16(7-14)11-19;/h14-16,20H,2-13H2,1H3,(H,21,24)(H,22,23);1H. The Morgan fingerprint density at radius 2 is 1.48 bits per heavy atom. The molecule has 4 saturated carbocycles. The molecule has 0 atom stereocenters. The molecule has 4 bridgehead atoms. The molecule has 0 saturated heterocycles. The van der Waals surface area contributed by atoms with E-state index in [1.807, 2.05) is 0 Å². The van der Waals surface area contributed by atoms with Gasteiger partial charge in [-0.15, -0.1) is 12.4 Å². The van der Waals surface area contributed by atoms with Crippen molar-refractivity contribution in [3.63, 3.8) is 0 Å². The number of nitrogens with one attached hydrogen (secondary N) is 3. The maximum atomic E-state index is 12.3. The number of halogens is 1. The van der Waals surface area contributed by atoms with Gasteiger partial charge in [0.2, 0.25) is 11.8 Å². The van der Waals surface area contributed by atoms with Gasteiger partial charge in [0.1, 0.15) is 0 Å². The topological polar surface area (TPSA) is 70.2 Å². The van der Waals surface area contributed by atoms with E-state index in [1.54, 1.807) is 0 Å². The molecule has 0 spiro atoms. The molecule has 25 heavy (non-hydrogen) atoms. The van der Waals surface area contributed by atoms with Crippen LogP contribution in [0.4, 0.5) is 0 Å². The largest absolute Gasteiger partial charge is 0.353 e. The lowest BCUT2D eigenvalue weighted by atomic mass is 9.49. The second kappa shape index (κ2) is 9.22. The number of rotatable bonds is 9. The van der Waals surface area contributed by atoms with Crippen LogP contribution in [0.2, 0.25) is 0 Å². The van der Waals surface area contributed by atoms with Crippen LogP contribution in [0.5, 0.6) is 0 Å². The highest BCUT2D eigenvalue weighted by Gasteiger charge is 2.51. The molecular formula is C19H34ClN3O2. The lowest BCUT2D eigenvalue weighted by Crippen LogP contribution is -2.48. The molecule has 4 fully saturated rings. The van der Waals surface area contributed by atoms with Crippen LogP contribution in [0, 0.1) is 23.2 Å². The maximum Gasteiger partial charge on any atom is 0.239 e. The summed E-state index contributed by atoms with van der Waals surface area (Å²) in [5.74, 6) is 2.57. The van der Waals surface area contributed by atoms with Gasteiger partial charge in [0.05, 0.1) is 6.54 Å². The molecule has 3 N–H and O–H groups in total. The summed E-state index contributed by atoms with van der Waals surface area (Å²) in [4.78, 5) is 24.1. The van der Waals surface area contributed by atoms with Gasteiger partial charge in [-0.25, -0.2) is 0 Å². The Bertz CT molecular complexity index is 434. The predicted molar refractivity (Wildman–Crippen MR) is 102 cm³/mol. The Balaban J connectivity index is 0.00000225. The van der Waals surface area contributed by atoms with Gasteiger partial charge in [-0.05, 0) is 74.7 Å². The Hall–Kier alpha value is -0.810. The molecule has 0 heterocycles. The first-order valence-corrected chi connectivity index (χ1v) is 9.83. The van der Waals surface area contributed by atoms with Gasteiger partial charge in [0.15, 0.2) is 0 Å². The van der Waals surface area contributed by atoms with Crippen molar-refractivity contribution in [1.82, 2.24) is 16.0 Å². The zero-order valence-corrected chi connectivity index (χ0v) is 16.3. The zero-order chi connectivity index (χ0) is 17.0. The van der Waals surface area contributed by atoms with E-state index in [0.29, 0.717) is 13.0 Å². The van der Waals surface area contributed by atoms with Crippen LogP contribution in [0.25, 0.3) is 0 Å². The summed E-state index contributed by atoms with van der Waals surface area (Å²) in [6.45, 7) is 4.59. The van der Waals surface area contributed by atoms with Crippen LogP contribution < -0.4 is 16.0 Å². The van der Waals surface area contributed by atoms with E-state index in [9.17, 15) is 9.59 Å². The lowest BCUT2D eigenvalue weighted by molar-refractivity contribution is -0.131. The highest BCUT2D eigenvalue weighted by molar-refractivity contribution is 5.85. The Morgan fingerprint density at radius 1 is 0.880 bits per heavy atom. The smallest absolute Gasteiger partial charge is 0.239 e. The van der Waals surface area contributed by atoms with Crippen LogP contribution in [0.3, 0.4) is 0 Å². The van der Waals surface area contributed by atoms with Crippen LogP contribution >= 0.6 is 12.4 Å². The van der Waals surface area contributed by atoms with Crippen molar-refractivity contribution in [2.75, 3.05) is 26.2 Å². The average molecular weight is 372 g/mol. The lowest BCUT2D eigenvalue weighted by Gasteiger charge is -2.56. The minimum absolute atomic E-state index is 0. The van der Waals surface area contributed by atoms with E-state index in [-0.39, 0.29) is 36.2 Å². The quantitative estimate of drug-likeness (QED) is 0.544. The molecule has 0 aliphatic heterocycles. The molecule has 144 valence electrons. The van der Waals surface area contributed by atoms with E-state index < -0.39 is 0 Å². The number of carbonyl (C=O) groups excluding carboxylic acids is 2. The van der Waals surface area contributed by atoms with E-state index in [1.165, 1.54) is 38.5 Å². The first-order chi connectivity index (χ1) is 11.6. The molecular weight excluding hydrogens is 338 g/mol. The van der Waals surface area contributed by atoms with E-state index in [0.717, 1.165) is 37.3 Å². The Kier molecular flexibility index (Phi) is 7.56. The van der Waals surface area contributed by atoms with Crippen LogP contribution in [-0.2, 0) is 9.59 Å². The summed E-state index contributed by atoms with van der Waals surface area (Å²) < 4.78 is 0. The third-order valence-electron chi connectivity index (χ3n) is 6.20. The average Bonchev–Trinajstić information content (AvgIpc) is 2.51. The van der Waals surface area contributed by atoms with Gasteiger partial charge in [-0.1, -0.05) is 6.92 Å². The fourth-order valence-corrected chi connectivity index (χ4v) is 5.74. The van der Waals surface area contributed by atoms with E-state index >= 15 is 0 Å². The van der Waals surface area contributed by atoms with Gasteiger partial charge in [0.25, 0.3) is 0 Å². The fraction of sp³-hybridized carbons (Fsp3) is 0.895. The highest BCUT2D eigenvalue weighted by atomic mass is 35.5. The monoisotopic (exact) mass is 371 g/mol. The first-order valence-electron chi connectivity index (χ1n) is 9.83. The number of amides is 2. The summed E-state index contributed by atoms with van der Waals surface area (Å²) in [6.07, 6.45) is 9.63. The minimum Gasteiger partial charge on any atom is -0.353 e. The molecule has 2 amide bonds. The molecule has 0 radical (unpaired) electrons.